The van der Waals surface area contributed by atoms with E-state index in [1.54, 1.807) is 37.2 Å². The number of alkyl halides is 3. The van der Waals surface area contributed by atoms with Gasteiger partial charge in [0.15, 0.2) is 11.6 Å². The molecular weight excluding hydrogens is 576 g/mol. The van der Waals surface area contributed by atoms with Gasteiger partial charge in [-0.05, 0) is 56.8 Å². The van der Waals surface area contributed by atoms with Gasteiger partial charge in [0, 0.05) is 80.4 Å². The minimum atomic E-state index is -4.62. The number of rotatable bonds is 5. The standard InChI is InChI=1S/C32H36F4N6O2/c1-19-7-6-12-37-30(39-21-8-10-25(23(18-21)32(34,35)36)42-15-13-41(5)14-16-42)27(31(43)40(3)4)29(19)44-26-11-9-24-22(28(26)33)17-20(2)38-24/h6,8-12,17-19,38H,7,13-16H2,1-5H3,(H,37,39). The Hall–Kier alpha value is -4.32. The largest absolute Gasteiger partial charge is 0.457 e. The van der Waals surface area contributed by atoms with E-state index in [9.17, 15) is 18.0 Å². The molecule has 1 aromatic heterocycles. The molecule has 0 aliphatic carbocycles. The number of allylic oxidation sites excluding steroid dienone is 2. The van der Waals surface area contributed by atoms with Crippen LogP contribution < -0.4 is 15.0 Å². The SMILES string of the molecule is Cc1cc2c(F)c(OC3=C(C(=O)N(C)C)C(Nc4ccc(N5CCN(C)CC5)c(C(F)(F)F)c4)=NC=CCC3C)ccc2[nH]1. The first kappa shape index (κ1) is 31.1. The average molecular weight is 613 g/mol. The fourth-order valence-corrected chi connectivity index (χ4v) is 5.39. The molecule has 12 heteroatoms. The molecule has 0 bridgehead atoms. The van der Waals surface area contributed by atoms with Crippen molar-refractivity contribution in [2.75, 3.05) is 57.5 Å². The highest BCUT2D eigenvalue weighted by Crippen LogP contribution is 2.39. The fourth-order valence-electron chi connectivity index (χ4n) is 5.39. The first-order valence-corrected chi connectivity index (χ1v) is 14.4. The summed E-state index contributed by atoms with van der Waals surface area (Å²) in [7, 11) is 5.03. The Labute approximate surface area is 253 Å². The van der Waals surface area contributed by atoms with E-state index in [-0.39, 0.29) is 34.3 Å². The summed E-state index contributed by atoms with van der Waals surface area (Å²) in [6.45, 7) is 5.89. The lowest BCUT2D eigenvalue weighted by atomic mass is 9.98. The molecule has 2 N–H and O–H groups in total. The molecular formula is C32H36F4N6O2. The van der Waals surface area contributed by atoms with Crippen LogP contribution in [0.5, 0.6) is 5.75 Å². The van der Waals surface area contributed by atoms with Crippen molar-refractivity contribution in [3.8, 4) is 5.75 Å². The van der Waals surface area contributed by atoms with Crippen molar-refractivity contribution in [3.05, 3.63) is 77.1 Å². The lowest BCUT2D eigenvalue weighted by molar-refractivity contribution is -0.137. The van der Waals surface area contributed by atoms with Crippen molar-refractivity contribution < 1.29 is 27.1 Å². The summed E-state index contributed by atoms with van der Waals surface area (Å²) in [6, 6.07) is 8.85. The molecule has 8 nitrogen and oxygen atoms in total. The fraction of sp³-hybridized carbons (Fsp3) is 0.375. The molecule has 0 radical (unpaired) electrons. The van der Waals surface area contributed by atoms with Crippen LogP contribution in [0.15, 0.2) is 65.0 Å². The molecule has 2 aliphatic rings. The summed E-state index contributed by atoms with van der Waals surface area (Å²) in [5.41, 5.74) is 0.769. The van der Waals surface area contributed by atoms with Gasteiger partial charge in [-0.25, -0.2) is 9.38 Å². The van der Waals surface area contributed by atoms with Gasteiger partial charge in [0.1, 0.15) is 17.2 Å². The second-order valence-electron chi connectivity index (χ2n) is 11.5. The number of carbonyl (C=O) groups is 1. The van der Waals surface area contributed by atoms with E-state index in [1.807, 2.05) is 20.9 Å². The van der Waals surface area contributed by atoms with Gasteiger partial charge in [0.05, 0.1) is 5.56 Å². The number of ether oxygens (including phenoxy) is 1. The van der Waals surface area contributed by atoms with Crippen molar-refractivity contribution in [2.45, 2.75) is 26.4 Å². The van der Waals surface area contributed by atoms with E-state index in [2.05, 4.69) is 20.2 Å². The van der Waals surface area contributed by atoms with E-state index in [0.29, 0.717) is 43.5 Å². The number of nitrogens with one attached hydrogen (secondary N) is 2. The van der Waals surface area contributed by atoms with E-state index in [1.165, 1.54) is 29.3 Å². The third-order valence-electron chi connectivity index (χ3n) is 7.82. The molecule has 0 spiro atoms. The number of piperazine rings is 1. The molecule has 1 amide bonds. The molecule has 234 valence electrons. The number of likely N-dealkylation sites (N-methyl/N-ethyl adjacent to an activating group) is 2. The molecule has 1 fully saturated rings. The van der Waals surface area contributed by atoms with Crippen LogP contribution >= 0.6 is 0 Å². The van der Waals surface area contributed by atoms with Crippen molar-refractivity contribution in [1.29, 1.82) is 0 Å². The number of aromatic amines is 1. The second-order valence-corrected chi connectivity index (χ2v) is 11.5. The van der Waals surface area contributed by atoms with Crippen LogP contribution in [0.25, 0.3) is 10.9 Å². The Morgan fingerprint density at radius 1 is 1.11 bits per heavy atom. The summed E-state index contributed by atoms with van der Waals surface area (Å²) in [4.78, 5) is 26.3. The van der Waals surface area contributed by atoms with E-state index in [4.69, 9.17) is 4.74 Å². The van der Waals surface area contributed by atoms with Crippen LogP contribution in [-0.4, -0.2) is 73.8 Å². The zero-order valence-electron chi connectivity index (χ0n) is 25.3. The Morgan fingerprint density at radius 2 is 1.84 bits per heavy atom. The molecule has 3 heterocycles. The average Bonchev–Trinajstić information content (AvgIpc) is 3.36. The number of aryl methyl sites for hydroxylation is 1. The molecule has 1 saturated heterocycles. The minimum absolute atomic E-state index is 0.00620. The quantitative estimate of drug-likeness (QED) is 0.337. The first-order valence-electron chi connectivity index (χ1n) is 14.4. The van der Waals surface area contributed by atoms with Gasteiger partial charge in [-0.15, -0.1) is 0 Å². The number of hydrogen-bond acceptors (Lipinski definition) is 6. The van der Waals surface area contributed by atoms with Crippen LogP contribution in [0.3, 0.4) is 0 Å². The van der Waals surface area contributed by atoms with Crippen molar-refractivity contribution in [3.63, 3.8) is 0 Å². The summed E-state index contributed by atoms with van der Waals surface area (Å²) < 4.78 is 64.8. The zero-order valence-corrected chi connectivity index (χ0v) is 25.3. The highest BCUT2D eigenvalue weighted by atomic mass is 19.4. The van der Waals surface area contributed by atoms with Crippen LogP contribution in [-0.2, 0) is 11.0 Å². The smallest absolute Gasteiger partial charge is 0.418 e. The normalized spacial score (nSPS) is 18.2. The van der Waals surface area contributed by atoms with Crippen LogP contribution in [0.4, 0.5) is 28.9 Å². The number of amidine groups is 1. The highest BCUT2D eigenvalue weighted by Gasteiger charge is 2.36. The van der Waals surface area contributed by atoms with Crippen molar-refractivity contribution in [2.24, 2.45) is 10.9 Å². The maximum Gasteiger partial charge on any atom is 0.418 e. The van der Waals surface area contributed by atoms with Gasteiger partial charge in [0.2, 0.25) is 0 Å². The first-order chi connectivity index (χ1) is 20.8. The third kappa shape index (κ3) is 6.45. The molecule has 2 aliphatic heterocycles. The van der Waals surface area contributed by atoms with Gasteiger partial charge in [-0.3, -0.25) is 4.79 Å². The summed E-state index contributed by atoms with van der Waals surface area (Å²) in [5.74, 6) is -1.44. The molecule has 5 rings (SSSR count). The van der Waals surface area contributed by atoms with Crippen LogP contribution in [0.2, 0.25) is 0 Å². The monoisotopic (exact) mass is 612 g/mol. The maximum atomic E-state index is 15.6. The number of anilines is 2. The number of nitrogens with zero attached hydrogens (tertiary/aromatic N) is 4. The van der Waals surface area contributed by atoms with Gasteiger partial charge in [-0.1, -0.05) is 13.0 Å². The van der Waals surface area contributed by atoms with E-state index in [0.717, 1.165) is 11.8 Å². The Bertz CT molecular complexity index is 1650. The van der Waals surface area contributed by atoms with E-state index >= 15 is 4.39 Å². The number of benzene rings is 2. The molecule has 0 saturated carbocycles. The number of H-pyrrole nitrogens is 1. The zero-order chi connectivity index (χ0) is 31.8. The molecule has 1 unspecified atom stereocenters. The Morgan fingerprint density at radius 3 is 2.52 bits per heavy atom. The van der Waals surface area contributed by atoms with Gasteiger partial charge < -0.3 is 29.7 Å². The minimum Gasteiger partial charge on any atom is -0.457 e. The molecule has 3 aromatic rings. The Kier molecular flexibility index (Phi) is 8.73. The number of amides is 1. The number of hydrogen-bond donors (Lipinski definition) is 2. The maximum absolute atomic E-state index is 15.6. The predicted molar refractivity (Wildman–Crippen MR) is 164 cm³/mol. The summed E-state index contributed by atoms with van der Waals surface area (Å²) in [6.07, 6.45) is -0.926. The topological polar surface area (TPSA) is 76.2 Å². The lowest BCUT2D eigenvalue weighted by Crippen LogP contribution is -2.45. The summed E-state index contributed by atoms with van der Waals surface area (Å²) >= 11 is 0. The Balaban J connectivity index is 1.58. The van der Waals surface area contributed by atoms with Gasteiger partial charge in [-0.2, -0.15) is 13.2 Å². The molecule has 2 aromatic carbocycles. The predicted octanol–water partition coefficient (Wildman–Crippen LogP) is 6.17. The number of carbonyl (C=O) groups excluding carboxylic acids is 1. The summed E-state index contributed by atoms with van der Waals surface area (Å²) in [5, 5.41) is 3.30. The van der Waals surface area contributed by atoms with Crippen molar-refractivity contribution >= 4 is 34.0 Å². The van der Waals surface area contributed by atoms with Gasteiger partial charge in [0.25, 0.3) is 5.91 Å². The number of aliphatic imine (C=N–C) groups is 1. The third-order valence-corrected chi connectivity index (χ3v) is 7.82. The highest BCUT2D eigenvalue weighted by molar-refractivity contribution is 6.25. The number of aromatic nitrogens is 1. The van der Waals surface area contributed by atoms with Gasteiger partial charge >= 0.3 is 6.18 Å². The lowest BCUT2D eigenvalue weighted by Gasteiger charge is -2.35. The molecule has 1 atom stereocenters. The molecule has 44 heavy (non-hydrogen) atoms. The van der Waals surface area contributed by atoms with E-state index < -0.39 is 29.4 Å². The second kappa shape index (κ2) is 12.4. The van der Waals surface area contributed by atoms with Crippen LogP contribution in [0.1, 0.15) is 24.6 Å². The number of fused-ring (bicyclic) bond motifs is 1. The van der Waals surface area contributed by atoms with Crippen LogP contribution in [0, 0.1) is 18.7 Å². The van der Waals surface area contributed by atoms with Crippen molar-refractivity contribution in [1.82, 2.24) is 14.8 Å². The number of halogens is 4.